The molecule has 0 atom stereocenters. The smallest absolute Gasteiger partial charge is 0.271 e. The molecule has 0 spiro atoms. The molecule has 24 heavy (non-hydrogen) atoms. The Hall–Kier alpha value is -2.48. The van der Waals surface area contributed by atoms with Gasteiger partial charge < -0.3 is 5.32 Å². The SMILES string of the molecule is Cc1cc(C)nc(SCCC(=O)Nc2cc([N+](=O)[O-])ccc2C)n1. The summed E-state index contributed by atoms with van der Waals surface area (Å²) in [6, 6.07) is 6.29. The lowest BCUT2D eigenvalue weighted by Crippen LogP contribution is -2.13. The van der Waals surface area contributed by atoms with Crippen LogP contribution in [0.4, 0.5) is 11.4 Å². The van der Waals surface area contributed by atoms with Crippen LogP contribution in [0.15, 0.2) is 29.4 Å². The summed E-state index contributed by atoms with van der Waals surface area (Å²) in [6.45, 7) is 5.59. The van der Waals surface area contributed by atoms with Crippen molar-refractivity contribution in [2.45, 2.75) is 32.3 Å². The van der Waals surface area contributed by atoms with Crippen LogP contribution >= 0.6 is 11.8 Å². The summed E-state index contributed by atoms with van der Waals surface area (Å²) in [5.74, 6) is 0.332. The largest absolute Gasteiger partial charge is 0.326 e. The van der Waals surface area contributed by atoms with Gasteiger partial charge in [-0.05, 0) is 32.4 Å². The summed E-state index contributed by atoms with van der Waals surface area (Å²) in [4.78, 5) is 31.0. The predicted octanol–water partition coefficient (Wildman–Crippen LogP) is 3.43. The van der Waals surface area contributed by atoms with E-state index in [2.05, 4.69) is 15.3 Å². The Bertz CT molecular complexity index is 760. The highest BCUT2D eigenvalue weighted by Gasteiger charge is 2.11. The molecule has 0 saturated carbocycles. The fourth-order valence-corrected chi connectivity index (χ4v) is 2.95. The third-order valence-electron chi connectivity index (χ3n) is 3.23. The summed E-state index contributed by atoms with van der Waals surface area (Å²) in [5.41, 5.74) is 2.97. The van der Waals surface area contributed by atoms with Crippen molar-refractivity contribution in [3.05, 3.63) is 51.3 Å². The van der Waals surface area contributed by atoms with Crippen molar-refractivity contribution in [1.29, 1.82) is 0 Å². The summed E-state index contributed by atoms with van der Waals surface area (Å²) in [5, 5.41) is 14.2. The monoisotopic (exact) mass is 346 g/mol. The second kappa shape index (κ2) is 7.87. The molecule has 126 valence electrons. The molecule has 2 aromatic rings. The van der Waals surface area contributed by atoms with Gasteiger partial charge in [0.15, 0.2) is 5.16 Å². The average Bonchev–Trinajstić information content (AvgIpc) is 2.48. The summed E-state index contributed by atoms with van der Waals surface area (Å²) < 4.78 is 0. The first kappa shape index (κ1) is 17.9. The zero-order chi connectivity index (χ0) is 17.7. The molecular formula is C16H18N4O3S. The van der Waals surface area contributed by atoms with Crippen LogP contribution < -0.4 is 5.32 Å². The molecule has 0 aliphatic rings. The Kier molecular flexibility index (Phi) is 5.86. The minimum atomic E-state index is -0.484. The van der Waals surface area contributed by atoms with E-state index in [1.807, 2.05) is 19.9 Å². The Morgan fingerprint density at radius 1 is 1.21 bits per heavy atom. The van der Waals surface area contributed by atoms with Gasteiger partial charge in [-0.2, -0.15) is 0 Å². The first-order valence-corrected chi connectivity index (χ1v) is 8.33. The maximum atomic E-state index is 12.0. The molecule has 1 amide bonds. The minimum Gasteiger partial charge on any atom is -0.326 e. The maximum Gasteiger partial charge on any atom is 0.271 e. The number of hydrogen-bond donors (Lipinski definition) is 1. The number of nitrogens with zero attached hydrogens (tertiary/aromatic N) is 3. The van der Waals surface area contributed by atoms with E-state index in [0.717, 1.165) is 17.0 Å². The number of benzene rings is 1. The summed E-state index contributed by atoms with van der Waals surface area (Å²) in [6.07, 6.45) is 0.267. The van der Waals surface area contributed by atoms with Crippen LogP contribution in [0.3, 0.4) is 0 Å². The van der Waals surface area contributed by atoms with Gasteiger partial charge in [0.1, 0.15) is 0 Å². The van der Waals surface area contributed by atoms with E-state index in [4.69, 9.17) is 0 Å². The van der Waals surface area contributed by atoms with Crippen LogP contribution in [0.5, 0.6) is 0 Å². The molecule has 0 bridgehead atoms. The highest BCUT2D eigenvalue weighted by molar-refractivity contribution is 7.99. The van der Waals surface area contributed by atoms with Crippen molar-refractivity contribution < 1.29 is 9.72 Å². The number of amides is 1. The van der Waals surface area contributed by atoms with Gasteiger partial charge in [0.2, 0.25) is 5.91 Å². The molecule has 0 unspecified atom stereocenters. The number of rotatable bonds is 6. The molecular weight excluding hydrogens is 328 g/mol. The lowest BCUT2D eigenvalue weighted by Gasteiger charge is -2.08. The number of carbonyl (C=O) groups excluding carboxylic acids is 1. The standard InChI is InChI=1S/C16H18N4O3S/c1-10-4-5-13(20(22)23)9-14(10)19-15(21)6-7-24-16-17-11(2)8-12(3)18-16/h4-5,8-9H,6-7H2,1-3H3,(H,19,21). The first-order valence-electron chi connectivity index (χ1n) is 7.35. The van der Waals surface area contributed by atoms with E-state index in [1.54, 1.807) is 13.0 Å². The number of nitrogens with one attached hydrogen (secondary N) is 1. The number of non-ortho nitro benzene ring substituents is 1. The third-order valence-corrected chi connectivity index (χ3v) is 4.08. The fraction of sp³-hybridized carbons (Fsp3) is 0.312. The third kappa shape index (κ3) is 5.02. The van der Waals surface area contributed by atoms with Gasteiger partial charge in [-0.1, -0.05) is 17.8 Å². The van der Waals surface area contributed by atoms with Gasteiger partial charge in [-0.3, -0.25) is 14.9 Å². The molecule has 0 aliphatic heterocycles. The molecule has 0 saturated heterocycles. The van der Waals surface area contributed by atoms with Crippen LogP contribution in [0.2, 0.25) is 0 Å². The number of aryl methyl sites for hydroxylation is 3. The van der Waals surface area contributed by atoms with Gasteiger partial charge in [0.05, 0.1) is 10.6 Å². The van der Waals surface area contributed by atoms with E-state index in [1.165, 1.54) is 23.9 Å². The van der Waals surface area contributed by atoms with E-state index in [-0.39, 0.29) is 18.0 Å². The van der Waals surface area contributed by atoms with Crippen molar-refractivity contribution in [1.82, 2.24) is 9.97 Å². The summed E-state index contributed by atoms with van der Waals surface area (Å²) >= 11 is 1.41. The van der Waals surface area contributed by atoms with Gasteiger partial charge in [0, 0.05) is 35.7 Å². The zero-order valence-corrected chi connectivity index (χ0v) is 14.5. The number of nitro benzene ring substituents is 1. The molecule has 0 aliphatic carbocycles. The van der Waals surface area contributed by atoms with Crippen LogP contribution in [0, 0.1) is 30.9 Å². The van der Waals surface area contributed by atoms with Crippen LogP contribution in [0.1, 0.15) is 23.4 Å². The van der Waals surface area contributed by atoms with Crippen LogP contribution in [-0.4, -0.2) is 26.6 Å². The van der Waals surface area contributed by atoms with E-state index >= 15 is 0 Å². The molecule has 2 rings (SSSR count). The van der Waals surface area contributed by atoms with Crippen LogP contribution in [-0.2, 0) is 4.79 Å². The van der Waals surface area contributed by atoms with Crippen LogP contribution in [0.25, 0.3) is 0 Å². The molecule has 1 heterocycles. The highest BCUT2D eigenvalue weighted by Crippen LogP contribution is 2.22. The Balaban J connectivity index is 1.91. The number of nitro groups is 1. The Morgan fingerprint density at radius 3 is 2.50 bits per heavy atom. The fourth-order valence-electron chi connectivity index (χ4n) is 2.06. The van der Waals surface area contributed by atoms with Gasteiger partial charge in [-0.15, -0.1) is 0 Å². The van der Waals surface area contributed by atoms with Gasteiger partial charge in [-0.25, -0.2) is 9.97 Å². The molecule has 8 heteroatoms. The molecule has 1 aromatic carbocycles. The molecule has 1 aromatic heterocycles. The number of thioether (sulfide) groups is 1. The predicted molar refractivity (Wildman–Crippen MR) is 93.3 cm³/mol. The van der Waals surface area contributed by atoms with Gasteiger partial charge in [0.25, 0.3) is 5.69 Å². The normalized spacial score (nSPS) is 10.5. The average molecular weight is 346 g/mol. The summed E-state index contributed by atoms with van der Waals surface area (Å²) in [7, 11) is 0. The quantitative estimate of drug-likeness (QED) is 0.372. The minimum absolute atomic E-state index is 0.0473. The lowest BCUT2D eigenvalue weighted by molar-refractivity contribution is -0.384. The number of hydrogen-bond acceptors (Lipinski definition) is 6. The first-order chi connectivity index (χ1) is 11.3. The number of anilines is 1. The molecule has 0 fully saturated rings. The van der Waals surface area contributed by atoms with Crippen molar-refractivity contribution in [3.8, 4) is 0 Å². The van der Waals surface area contributed by atoms with Crippen molar-refractivity contribution in [3.63, 3.8) is 0 Å². The highest BCUT2D eigenvalue weighted by atomic mass is 32.2. The van der Waals surface area contributed by atoms with E-state index in [0.29, 0.717) is 16.6 Å². The molecule has 1 N–H and O–H groups in total. The topological polar surface area (TPSA) is 98.0 Å². The van der Waals surface area contributed by atoms with E-state index in [9.17, 15) is 14.9 Å². The van der Waals surface area contributed by atoms with Crippen molar-refractivity contribution >= 4 is 29.0 Å². The maximum absolute atomic E-state index is 12.0. The second-order valence-electron chi connectivity index (χ2n) is 5.34. The van der Waals surface area contributed by atoms with Crippen molar-refractivity contribution in [2.75, 3.05) is 11.1 Å². The Morgan fingerprint density at radius 2 is 1.88 bits per heavy atom. The lowest BCUT2D eigenvalue weighted by atomic mass is 10.2. The Labute approximate surface area is 144 Å². The number of aromatic nitrogens is 2. The molecule has 7 nitrogen and oxygen atoms in total. The van der Waals surface area contributed by atoms with Crippen molar-refractivity contribution in [2.24, 2.45) is 0 Å². The number of carbonyl (C=O) groups is 1. The van der Waals surface area contributed by atoms with Gasteiger partial charge >= 0.3 is 0 Å². The van der Waals surface area contributed by atoms with E-state index < -0.39 is 4.92 Å². The molecule has 0 radical (unpaired) electrons. The second-order valence-corrected chi connectivity index (χ2v) is 6.40. The zero-order valence-electron chi connectivity index (χ0n) is 13.7.